The normalized spacial score (nSPS) is 12.3. The second kappa shape index (κ2) is 4.88. The molecule has 0 bridgehead atoms. The third-order valence-electron chi connectivity index (χ3n) is 1.57. The summed E-state index contributed by atoms with van der Waals surface area (Å²) in [4.78, 5) is 5.10. The van der Waals surface area contributed by atoms with E-state index >= 15 is 0 Å². The Morgan fingerprint density at radius 1 is 1.83 bits per heavy atom. The standard InChI is InChI=1S/C8H11N3S/c1-2-3-4-7(11-9)8-5-10-6-12-8/h1,5-7,11H,3-4,9H2. The Kier molecular flexibility index (Phi) is 3.74. The molecule has 0 amide bonds. The van der Waals surface area contributed by atoms with Crippen LogP contribution in [0.15, 0.2) is 11.7 Å². The Morgan fingerprint density at radius 2 is 2.67 bits per heavy atom. The van der Waals surface area contributed by atoms with Crippen LogP contribution in [-0.2, 0) is 0 Å². The summed E-state index contributed by atoms with van der Waals surface area (Å²) >= 11 is 1.58. The molecule has 1 rings (SSSR count). The zero-order valence-electron chi connectivity index (χ0n) is 6.66. The zero-order chi connectivity index (χ0) is 8.81. The highest BCUT2D eigenvalue weighted by atomic mass is 32.1. The van der Waals surface area contributed by atoms with Crippen LogP contribution in [0.1, 0.15) is 23.8 Å². The van der Waals surface area contributed by atoms with E-state index in [1.54, 1.807) is 16.8 Å². The number of hydrogen-bond donors (Lipinski definition) is 2. The van der Waals surface area contributed by atoms with Crippen molar-refractivity contribution in [3.63, 3.8) is 0 Å². The molecule has 3 nitrogen and oxygen atoms in total. The summed E-state index contributed by atoms with van der Waals surface area (Å²) in [5.74, 6) is 7.95. The van der Waals surface area contributed by atoms with Gasteiger partial charge in [-0.3, -0.25) is 16.3 Å². The van der Waals surface area contributed by atoms with E-state index in [2.05, 4.69) is 16.3 Å². The van der Waals surface area contributed by atoms with Crippen LogP contribution in [0.5, 0.6) is 0 Å². The van der Waals surface area contributed by atoms with E-state index in [-0.39, 0.29) is 6.04 Å². The first-order valence-electron chi connectivity index (χ1n) is 3.66. The van der Waals surface area contributed by atoms with Gasteiger partial charge in [-0.2, -0.15) is 0 Å². The number of nitrogens with two attached hydrogens (primary N) is 1. The van der Waals surface area contributed by atoms with Crippen molar-refractivity contribution in [1.29, 1.82) is 0 Å². The molecule has 1 heterocycles. The van der Waals surface area contributed by atoms with E-state index in [0.717, 1.165) is 17.7 Å². The zero-order valence-corrected chi connectivity index (χ0v) is 7.47. The molecule has 12 heavy (non-hydrogen) atoms. The van der Waals surface area contributed by atoms with Crippen molar-refractivity contribution >= 4 is 11.3 Å². The molecular formula is C8H11N3S. The lowest BCUT2D eigenvalue weighted by Gasteiger charge is -2.10. The molecular weight excluding hydrogens is 170 g/mol. The van der Waals surface area contributed by atoms with Gasteiger partial charge in [0.25, 0.3) is 0 Å². The minimum Gasteiger partial charge on any atom is -0.271 e. The molecule has 1 aromatic rings. The predicted molar refractivity (Wildman–Crippen MR) is 50.2 cm³/mol. The van der Waals surface area contributed by atoms with Crippen molar-refractivity contribution < 1.29 is 0 Å². The lowest BCUT2D eigenvalue weighted by atomic mass is 10.1. The lowest BCUT2D eigenvalue weighted by Crippen LogP contribution is -2.27. The van der Waals surface area contributed by atoms with Crippen molar-refractivity contribution in [2.24, 2.45) is 5.84 Å². The highest BCUT2D eigenvalue weighted by molar-refractivity contribution is 7.09. The Labute approximate surface area is 76.0 Å². The van der Waals surface area contributed by atoms with Gasteiger partial charge in [0, 0.05) is 17.5 Å². The molecule has 64 valence electrons. The average Bonchev–Trinajstić information content (AvgIpc) is 2.59. The fourth-order valence-electron chi connectivity index (χ4n) is 0.933. The van der Waals surface area contributed by atoms with Crippen molar-refractivity contribution in [3.8, 4) is 12.3 Å². The van der Waals surface area contributed by atoms with Crippen LogP contribution in [0, 0.1) is 12.3 Å². The van der Waals surface area contributed by atoms with E-state index in [1.807, 2.05) is 6.20 Å². The summed E-state index contributed by atoms with van der Waals surface area (Å²) in [6.45, 7) is 0. The van der Waals surface area contributed by atoms with Gasteiger partial charge in [0.2, 0.25) is 0 Å². The number of thiazole rings is 1. The van der Waals surface area contributed by atoms with Crippen LogP contribution in [0.4, 0.5) is 0 Å². The van der Waals surface area contributed by atoms with E-state index in [0.29, 0.717) is 0 Å². The Hall–Kier alpha value is -0.890. The molecule has 0 aliphatic carbocycles. The maximum Gasteiger partial charge on any atom is 0.0794 e. The number of hydrogen-bond acceptors (Lipinski definition) is 4. The van der Waals surface area contributed by atoms with E-state index in [4.69, 9.17) is 12.3 Å². The maximum atomic E-state index is 5.37. The highest BCUT2D eigenvalue weighted by Gasteiger charge is 2.09. The van der Waals surface area contributed by atoms with Gasteiger partial charge in [-0.25, -0.2) is 0 Å². The first-order valence-corrected chi connectivity index (χ1v) is 4.54. The van der Waals surface area contributed by atoms with Gasteiger partial charge in [-0.15, -0.1) is 23.7 Å². The van der Waals surface area contributed by atoms with Gasteiger partial charge >= 0.3 is 0 Å². The lowest BCUT2D eigenvalue weighted by molar-refractivity contribution is 0.531. The third-order valence-corrected chi connectivity index (χ3v) is 2.46. The number of hydrazine groups is 1. The van der Waals surface area contributed by atoms with Crippen LogP contribution in [0.25, 0.3) is 0 Å². The Bertz CT molecular complexity index is 250. The topological polar surface area (TPSA) is 50.9 Å². The van der Waals surface area contributed by atoms with Crippen LogP contribution in [-0.4, -0.2) is 4.98 Å². The van der Waals surface area contributed by atoms with E-state index in [1.165, 1.54) is 0 Å². The van der Waals surface area contributed by atoms with Gasteiger partial charge in [-0.05, 0) is 6.42 Å². The second-order valence-electron chi connectivity index (χ2n) is 2.37. The van der Waals surface area contributed by atoms with Gasteiger partial charge in [0.15, 0.2) is 0 Å². The summed E-state index contributed by atoms with van der Waals surface area (Å²) in [7, 11) is 0. The number of aromatic nitrogens is 1. The van der Waals surface area contributed by atoms with E-state index < -0.39 is 0 Å². The highest BCUT2D eigenvalue weighted by Crippen LogP contribution is 2.20. The molecule has 0 spiro atoms. The van der Waals surface area contributed by atoms with Crippen LogP contribution in [0.2, 0.25) is 0 Å². The first-order chi connectivity index (χ1) is 5.88. The molecule has 0 aromatic carbocycles. The van der Waals surface area contributed by atoms with Gasteiger partial charge < -0.3 is 0 Å². The fraction of sp³-hybridized carbons (Fsp3) is 0.375. The molecule has 0 fully saturated rings. The first kappa shape index (κ1) is 9.20. The van der Waals surface area contributed by atoms with E-state index in [9.17, 15) is 0 Å². The summed E-state index contributed by atoms with van der Waals surface area (Å²) in [6, 6.07) is 0.147. The van der Waals surface area contributed by atoms with Crippen molar-refractivity contribution in [2.75, 3.05) is 0 Å². The average molecular weight is 181 g/mol. The number of nitrogens with one attached hydrogen (secondary N) is 1. The van der Waals surface area contributed by atoms with Gasteiger partial charge in [-0.1, -0.05) is 0 Å². The van der Waals surface area contributed by atoms with Gasteiger partial charge in [0.1, 0.15) is 0 Å². The molecule has 0 aliphatic heterocycles. The van der Waals surface area contributed by atoms with Crippen LogP contribution < -0.4 is 11.3 Å². The molecule has 1 aromatic heterocycles. The summed E-state index contributed by atoms with van der Waals surface area (Å²) < 4.78 is 0. The van der Waals surface area contributed by atoms with Crippen molar-refractivity contribution in [1.82, 2.24) is 10.4 Å². The molecule has 0 saturated carbocycles. The Morgan fingerprint density at radius 3 is 3.17 bits per heavy atom. The molecule has 1 atom stereocenters. The minimum atomic E-state index is 0.147. The molecule has 0 aliphatic rings. The molecule has 4 heteroatoms. The summed E-state index contributed by atoms with van der Waals surface area (Å²) in [5.41, 5.74) is 4.50. The van der Waals surface area contributed by atoms with Gasteiger partial charge in [0.05, 0.1) is 11.6 Å². The van der Waals surface area contributed by atoms with Crippen LogP contribution >= 0.6 is 11.3 Å². The monoisotopic (exact) mass is 181 g/mol. The number of terminal acetylenes is 1. The summed E-state index contributed by atoms with van der Waals surface area (Å²) in [6.07, 6.45) is 8.55. The Balaban J connectivity index is 2.52. The largest absolute Gasteiger partial charge is 0.271 e. The SMILES string of the molecule is C#CCCC(NN)c1cncs1. The molecule has 1 unspecified atom stereocenters. The quantitative estimate of drug-likeness (QED) is 0.415. The molecule has 0 radical (unpaired) electrons. The predicted octanol–water partition coefficient (Wildman–Crippen LogP) is 1.06. The summed E-state index contributed by atoms with van der Waals surface area (Å²) in [5, 5.41) is 0. The molecule has 0 saturated heterocycles. The van der Waals surface area contributed by atoms with Crippen molar-refractivity contribution in [2.45, 2.75) is 18.9 Å². The number of rotatable bonds is 4. The van der Waals surface area contributed by atoms with Crippen LogP contribution in [0.3, 0.4) is 0 Å². The van der Waals surface area contributed by atoms with Crippen molar-refractivity contribution in [3.05, 3.63) is 16.6 Å². The molecule has 3 N–H and O–H groups in total. The second-order valence-corrected chi connectivity index (χ2v) is 3.28. The number of nitrogens with zero attached hydrogens (tertiary/aromatic N) is 1. The minimum absolute atomic E-state index is 0.147. The third kappa shape index (κ3) is 2.31. The smallest absolute Gasteiger partial charge is 0.0794 e. The fourth-order valence-corrected chi connectivity index (χ4v) is 1.65. The maximum absolute atomic E-state index is 5.37.